The van der Waals surface area contributed by atoms with E-state index in [1.807, 2.05) is 0 Å². The molecule has 0 radical (unpaired) electrons. The first kappa shape index (κ1) is 11.6. The summed E-state index contributed by atoms with van der Waals surface area (Å²) in [5.74, 6) is -1.50. The van der Waals surface area contributed by atoms with E-state index in [0.717, 1.165) is 11.3 Å². The largest absolute Gasteiger partial charge is 0.481 e. The third-order valence-electron chi connectivity index (χ3n) is 2.59. The average Bonchev–Trinajstić information content (AvgIpc) is 2.90. The third-order valence-corrected chi connectivity index (χ3v) is 5.83. The maximum atomic E-state index is 12.0. The minimum absolute atomic E-state index is 0.0789. The molecular formula is C9H11NO4S2. The molecule has 0 spiro atoms. The van der Waals surface area contributed by atoms with Crippen LogP contribution in [0.3, 0.4) is 0 Å². The average molecular weight is 261 g/mol. The first-order chi connectivity index (χ1) is 7.51. The second-order valence-corrected chi connectivity index (χ2v) is 6.73. The molecule has 0 saturated carbocycles. The van der Waals surface area contributed by atoms with E-state index in [0.29, 0.717) is 6.42 Å². The smallest absolute Gasteiger partial charge is 0.307 e. The number of rotatable bonds is 3. The summed E-state index contributed by atoms with van der Waals surface area (Å²) in [7, 11) is -3.47. The molecule has 0 bridgehead atoms. The molecule has 1 N–H and O–H groups in total. The lowest BCUT2D eigenvalue weighted by atomic mass is 10.1. The van der Waals surface area contributed by atoms with E-state index in [4.69, 9.17) is 5.11 Å². The summed E-state index contributed by atoms with van der Waals surface area (Å²) in [5, 5.41) is 10.5. The molecule has 16 heavy (non-hydrogen) atoms. The van der Waals surface area contributed by atoms with Gasteiger partial charge in [0.1, 0.15) is 4.21 Å². The van der Waals surface area contributed by atoms with Crippen molar-refractivity contribution in [2.24, 2.45) is 5.92 Å². The fourth-order valence-corrected chi connectivity index (χ4v) is 4.33. The van der Waals surface area contributed by atoms with Crippen LogP contribution in [0, 0.1) is 5.92 Å². The molecule has 1 atom stereocenters. The van der Waals surface area contributed by atoms with Gasteiger partial charge in [0.05, 0.1) is 5.92 Å². The molecule has 5 nitrogen and oxygen atoms in total. The summed E-state index contributed by atoms with van der Waals surface area (Å²) in [6.07, 6.45) is 0.389. The summed E-state index contributed by atoms with van der Waals surface area (Å²) < 4.78 is 25.5. The zero-order valence-electron chi connectivity index (χ0n) is 8.37. The summed E-state index contributed by atoms with van der Waals surface area (Å²) >= 11 is 1.15. The molecule has 1 aliphatic heterocycles. The number of carbonyl (C=O) groups is 1. The lowest BCUT2D eigenvalue weighted by molar-refractivity contribution is -0.141. The van der Waals surface area contributed by atoms with Gasteiger partial charge < -0.3 is 5.11 Å². The maximum absolute atomic E-state index is 12.0. The van der Waals surface area contributed by atoms with Crippen LogP contribution >= 0.6 is 11.3 Å². The number of sulfonamides is 1. The number of hydrogen-bond acceptors (Lipinski definition) is 4. The highest BCUT2D eigenvalue weighted by Crippen LogP contribution is 2.26. The Labute approximate surface area is 97.4 Å². The Hall–Kier alpha value is -0.920. The van der Waals surface area contributed by atoms with Crippen molar-refractivity contribution in [1.82, 2.24) is 4.31 Å². The second-order valence-electron chi connectivity index (χ2n) is 3.62. The van der Waals surface area contributed by atoms with Gasteiger partial charge in [-0.25, -0.2) is 8.42 Å². The van der Waals surface area contributed by atoms with Gasteiger partial charge in [-0.1, -0.05) is 6.07 Å². The summed E-state index contributed by atoms with van der Waals surface area (Å²) in [4.78, 5) is 10.7. The number of nitrogens with zero attached hydrogens (tertiary/aromatic N) is 1. The molecule has 7 heteroatoms. The van der Waals surface area contributed by atoms with Crippen LogP contribution in [0.4, 0.5) is 0 Å². The predicted octanol–water partition coefficient (Wildman–Crippen LogP) is 0.843. The molecule has 1 fully saturated rings. The number of carboxylic acids is 1. The third kappa shape index (κ3) is 1.98. The molecule has 0 aliphatic carbocycles. The van der Waals surface area contributed by atoms with Crippen LogP contribution in [0.15, 0.2) is 21.7 Å². The molecule has 0 amide bonds. The molecule has 1 aromatic rings. The van der Waals surface area contributed by atoms with Gasteiger partial charge in [-0.3, -0.25) is 4.79 Å². The molecule has 88 valence electrons. The summed E-state index contributed by atoms with van der Waals surface area (Å²) in [6, 6.07) is 3.20. The van der Waals surface area contributed by atoms with Crippen LogP contribution in [0.5, 0.6) is 0 Å². The maximum Gasteiger partial charge on any atom is 0.307 e. The molecule has 2 heterocycles. The molecule has 1 saturated heterocycles. The van der Waals surface area contributed by atoms with Crippen LogP contribution in [0.25, 0.3) is 0 Å². The van der Waals surface area contributed by atoms with Crippen LogP contribution in [-0.4, -0.2) is 36.9 Å². The van der Waals surface area contributed by atoms with E-state index in [9.17, 15) is 13.2 Å². The molecule has 1 aromatic heterocycles. The minimum atomic E-state index is -3.47. The van der Waals surface area contributed by atoms with Crippen molar-refractivity contribution < 1.29 is 18.3 Å². The Kier molecular flexibility index (Phi) is 3.00. The molecule has 0 aromatic carbocycles. The van der Waals surface area contributed by atoms with Gasteiger partial charge in [-0.15, -0.1) is 11.3 Å². The van der Waals surface area contributed by atoms with E-state index in [1.54, 1.807) is 11.4 Å². The number of thiophene rings is 1. The van der Waals surface area contributed by atoms with Gasteiger partial charge in [-0.2, -0.15) is 4.31 Å². The molecule has 2 rings (SSSR count). The fraction of sp³-hybridized carbons (Fsp3) is 0.444. The van der Waals surface area contributed by atoms with Crippen molar-refractivity contribution in [2.75, 3.05) is 13.1 Å². The quantitative estimate of drug-likeness (QED) is 0.875. The number of carboxylic acid groups (broad SMARTS) is 1. The topological polar surface area (TPSA) is 74.7 Å². The zero-order valence-corrected chi connectivity index (χ0v) is 10.00. The van der Waals surface area contributed by atoms with Crippen molar-refractivity contribution in [3.05, 3.63) is 17.5 Å². The highest BCUT2D eigenvalue weighted by molar-refractivity contribution is 7.91. The van der Waals surface area contributed by atoms with Crippen LogP contribution in [0.1, 0.15) is 6.42 Å². The van der Waals surface area contributed by atoms with Crippen LogP contribution in [-0.2, 0) is 14.8 Å². The van der Waals surface area contributed by atoms with E-state index in [2.05, 4.69) is 0 Å². The lowest BCUT2D eigenvalue weighted by Crippen LogP contribution is -2.29. The Bertz CT molecular complexity index is 480. The molecule has 1 unspecified atom stereocenters. The molecule has 1 aliphatic rings. The van der Waals surface area contributed by atoms with Crippen LogP contribution in [0.2, 0.25) is 0 Å². The Morgan fingerprint density at radius 2 is 2.31 bits per heavy atom. The zero-order chi connectivity index (χ0) is 11.8. The first-order valence-electron chi connectivity index (χ1n) is 4.78. The van der Waals surface area contributed by atoms with Gasteiger partial charge >= 0.3 is 5.97 Å². The van der Waals surface area contributed by atoms with Crippen molar-refractivity contribution >= 4 is 27.3 Å². The molecular weight excluding hydrogens is 250 g/mol. The van der Waals surface area contributed by atoms with E-state index >= 15 is 0 Å². The van der Waals surface area contributed by atoms with E-state index in [-0.39, 0.29) is 17.3 Å². The fourth-order valence-electron chi connectivity index (χ4n) is 1.69. The van der Waals surface area contributed by atoms with Gasteiger partial charge in [0.25, 0.3) is 10.0 Å². The van der Waals surface area contributed by atoms with Gasteiger partial charge in [0, 0.05) is 13.1 Å². The monoisotopic (exact) mass is 261 g/mol. The predicted molar refractivity (Wildman–Crippen MR) is 58.8 cm³/mol. The lowest BCUT2D eigenvalue weighted by Gasteiger charge is -2.14. The Morgan fingerprint density at radius 1 is 1.56 bits per heavy atom. The SMILES string of the molecule is O=C(O)C1CCN(S(=O)(=O)c2cccs2)C1. The van der Waals surface area contributed by atoms with Gasteiger partial charge in [-0.05, 0) is 17.9 Å². The Balaban J connectivity index is 2.19. The van der Waals surface area contributed by atoms with E-state index in [1.165, 1.54) is 10.4 Å². The summed E-state index contributed by atoms with van der Waals surface area (Å²) in [6.45, 7) is 0.368. The second kappa shape index (κ2) is 4.15. The highest BCUT2D eigenvalue weighted by Gasteiger charge is 2.36. The normalized spacial score (nSPS) is 22.4. The minimum Gasteiger partial charge on any atom is -0.481 e. The standard InChI is InChI=1S/C9H11NO4S2/c11-9(12)7-3-4-10(6-7)16(13,14)8-2-1-5-15-8/h1-2,5,7H,3-4,6H2,(H,11,12). The van der Waals surface area contributed by atoms with Gasteiger partial charge in [0.2, 0.25) is 0 Å². The number of aliphatic carboxylic acids is 1. The van der Waals surface area contributed by atoms with Crippen molar-refractivity contribution in [3.63, 3.8) is 0 Å². The Morgan fingerprint density at radius 3 is 2.81 bits per heavy atom. The highest BCUT2D eigenvalue weighted by atomic mass is 32.2. The summed E-state index contributed by atoms with van der Waals surface area (Å²) in [5.41, 5.74) is 0. The van der Waals surface area contributed by atoms with E-state index < -0.39 is 21.9 Å². The van der Waals surface area contributed by atoms with Crippen molar-refractivity contribution in [2.45, 2.75) is 10.6 Å². The van der Waals surface area contributed by atoms with Crippen LogP contribution < -0.4 is 0 Å². The van der Waals surface area contributed by atoms with Crippen molar-refractivity contribution in [3.8, 4) is 0 Å². The van der Waals surface area contributed by atoms with Crippen molar-refractivity contribution in [1.29, 1.82) is 0 Å². The number of hydrogen-bond donors (Lipinski definition) is 1. The first-order valence-corrected chi connectivity index (χ1v) is 7.10. The van der Waals surface area contributed by atoms with Gasteiger partial charge in [0.15, 0.2) is 0 Å².